The third-order valence-electron chi connectivity index (χ3n) is 10.4. The van der Waals surface area contributed by atoms with Gasteiger partial charge in [0, 0.05) is 15.8 Å². The van der Waals surface area contributed by atoms with Crippen LogP contribution in [-0.2, 0) is 31.1 Å². The summed E-state index contributed by atoms with van der Waals surface area (Å²) in [6, 6.07) is 26.7. The number of halogens is 1. The molecule has 4 aliphatic rings. The summed E-state index contributed by atoms with van der Waals surface area (Å²) in [5.41, 5.74) is 1.23. The molecule has 8 rings (SSSR count). The molecule has 3 fully saturated rings. The quantitative estimate of drug-likeness (QED) is 0.198. The fraction of sp³-hybridized carbons (Fsp3) is 0.243. The number of benzene rings is 3. The molecule has 4 amide bonds. The van der Waals surface area contributed by atoms with Gasteiger partial charge in [0.05, 0.1) is 35.4 Å². The number of nitrogens with zero attached hydrogens (tertiary/aromatic N) is 2. The van der Waals surface area contributed by atoms with Crippen molar-refractivity contribution in [1.82, 2.24) is 4.90 Å². The van der Waals surface area contributed by atoms with Crippen LogP contribution < -0.4 is 4.90 Å². The third-order valence-corrected chi connectivity index (χ3v) is 11.5. The molecule has 230 valence electrons. The number of thiophene rings is 1. The van der Waals surface area contributed by atoms with E-state index < -0.39 is 35.0 Å². The number of aromatic hydroxyl groups is 1. The topological polar surface area (TPSA) is 95.0 Å². The monoisotopic (exact) mass is 648 g/mol. The highest BCUT2D eigenvalue weighted by Crippen LogP contribution is 2.64. The van der Waals surface area contributed by atoms with Crippen LogP contribution in [0.25, 0.3) is 0 Å². The van der Waals surface area contributed by atoms with Gasteiger partial charge in [-0.3, -0.25) is 24.1 Å². The maximum absolute atomic E-state index is 15.1. The summed E-state index contributed by atoms with van der Waals surface area (Å²) in [6.45, 7) is 0.220. The molecular formula is C37H29ClN2O5S. The summed E-state index contributed by atoms with van der Waals surface area (Å²) in [5, 5.41) is 13.0. The number of allylic oxidation sites excluding steroid dienone is 2. The highest BCUT2D eigenvalue weighted by molar-refractivity contribution is 7.09. The van der Waals surface area contributed by atoms with Crippen molar-refractivity contribution in [3.8, 4) is 5.75 Å². The lowest BCUT2D eigenvalue weighted by Gasteiger charge is -2.50. The van der Waals surface area contributed by atoms with Crippen molar-refractivity contribution in [2.45, 2.75) is 30.7 Å². The number of rotatable bonds is 5. The van der Waals surface area contributed by atoms with Crippen molar-refractivity contribution in [1.29, 1.82) is 0 Å². The van der Waals surface area contributed by atoms with E-state index in [9.17, 15) is 19.5 Å². The number of likely N-dealkylation sites (tertiary alicyclic amines) is 1. The smallest absolute Gasteiger partial charge is 0.246 e. The standard InChI is InChI=1S/C37H29ClN2O5S/c38-23-10-5-11-24(18-23)40-34(43)30-19-29-27(14-15-28-31(29)35(44)39(33(28)42)20-26-13-6-16-46-26)32(21-7-4-12-25(41)17-21)37(30,36(40)45)22-8-2-1-3-9-22/h1-14,16-18,28-32,41H,15,19-20H2. The molecule has 4 aromatic rings. The Morgan fingerprint density at radius 3 is 2.39 bits per heavy atom. The van der Waals surface area contributed by atoms with E-state index in [0.717, 1.165) is 10.5 Å². The number of hydrogen-bond acceptors (Lipinski definition) is 6. The molecule has 0 spiro atoms. The first-order valence-corrected chi connectivity index (χ1v) is 16.6. The van der Waals surface area contributed by atoms with Gasteiger partial charge in [-0.05, 0) is 71.7 Å². The van der Waals surface area contributed by atoms with E-state index in [1.807, 2.05) is 60.0 Å². The van der Waals surface area contributed by atoms with Crippen LogP contribution in [0.2, 0.25) is 5.02 Å². The molecule has 46 heavy (non-hydrogen) atoms. The van der Waals surface area contributed by atoms with Crippen LogP contribution in [0.3, 0.4) is 0 Å². The van der Waals surface area contributed by atoms with Crippen molar-refractivity contribution in [2.75, 3.05) is 4.90 Å². The van der Waals surface area contributed by atoms with Crippen LogP contribution in [0.1, 0.15) is 34.8 Å². The molecule has 9 heteroatoms. The molecule has 2 aliphatic heterocycles. The molecule has 6 atom stereocenters. The number of fused-ring (bicyclic) bond motifs is 4. The summed E-state index contributed by atoms with van der Waals surface area (Å²) in [5.74, 6) is -4.29. The Morgan fingerprint density at radius 2 is 1.65 bits per heavy atom. The first-order chi connectivity index (χ1) is 22.3. The van der Waals surface area contributed by atoms with Crippen LogP contribution in [0.4, 0.5) is 5.69 Å². The minimum absolute atomic E-state index is 0.0337. The number of carbonyl (C=O) groups is 4. The second-order valence-electron chi connectivity index (χ2n) is 12.5. The summed E-state index contributed by atoms with van der Waals surface area (Å²) in [6.07, 6.45) is 2.61. The second kappa shape index (κ2) is 10.8. The van der Waals surface area contributed by atoms with Gasteiger partial charge in [-0.2, -0.15) is 0 Å². The lowest BCUT2D eigenvalue weighted by Crippen LogP contribution is -2.53. The predicted octanol–water partition coefficient (Wildman–Crippen LogP) is 6.47. The van der Waals surface area contributed by atoms with Crippen LogP contribution in [0.5, 0.6) is 5.75 Å². The van der Waals surface area contributed by atoms with Crippen LogP contribution >= 0.6 is 22.9 Å². The average molecular weight is 649 g/mol. The number of phenols is 1. The van der Waals surface area contributed by atoms with E-state index in [1.54, 1.807) is 42.5 Å². The number of amides is 4. The van der Waals surface area contributed by atoms with Gasteiger partial charge in [0.1, 0.15) is 5.75 Å². The highest BCUT2D eigenvalue weighted by atomic mass is 35.5. The van der Waals surface area contributed by atoms with E-state index in [1.165, 1.54) is 21.1 Å². The lowest BCUT2D eigenvalue weighted by molar-refractivity contribution is -0.141. The van der Waals surface area contributed by atoms with E-state index in [4.69, 9.17) is 11.6 Å². The Morgan fingerprint density at radius 1 is 0.848 bits per heavy atom. The minimum Gasteiger partial charge on any atom is -0.508 e. The van der Waals surface area contributed by atoms with Gasteiger partial charge >= 0.3 is 0 Å². The van der Waals surface area contributed by atoms with Crippen LogP contribution in [0.15, 0.2) is 108 Å². The van der Waals surface area contributed by atoms with E-state index >= 15 is 4.79 Å². The zero-order valence-corrected chi connectivity index (χ0v) is 26.2. The van der Waals surface area contributed by atoms with Crippen LogP contribution in [0, 0.1) is 23.7 Å². The summed E-state index contributed by atoms with van der Waals surface area (Å²) >= 11 is 7.86. The largest absolute Gasteiger partial charge is 0.508 e. The fourth-order valence-electron chi connectivity index (χ4n) is 8.60. The highest BCUT2D eigenvalue weighted by Gasteiger charge is 2.70. The van der Waals surface area contributed by atoms with Crippen molar-refractivity contribution in [2.24, 2.45) is 23.7 Å². The van der Waals surface area contributed by atoms with Gasteiger partial charge < -0.3 is 5.11 Å². The van der Waals surface area contributed by atoms with Crippen molar-refractivity contribution < 1.29 is 24.3 Å². The Bertz CT molecular complexity index is 1940. The molecule has 1 saturated carbocycles. The average Bonchev–Trinajstić information content (AvgIpc) is 3.72. The van der Waals surface area contributed by atoms with E-state index in [2.05, 4.69) is 0 Å². The predicted molar refractivity (Wildman–Crippen MR) is 174 cm³/mol. The van der Waals surface area contributed by atoms with Gasteiger partial charge in [-0.15, -0.1) is 11.3 Å². The maximum atomic E-state index is 15.1. The summed E-state index contributed by atoms with van der Waals surface area (Å²) < 4.78 is 0. The third kappa shape index (κ3) is 4.09. The molecule has 2 aliphatic carbocycles. The Labute approximate surface area is 274 Å². The Balaban J connectivity index is 1.33. The van der Waals surface area contributed by atoms with Crippen LogP contribution in [-0.4, -0.2) is 33.6 Å². The number of phenolic OH excluding ortho intramolecular Hbond substituents is 1. The van der Waals surface area contributed by atoms with Gasteiger partial charge in [-0.25, -0.2) is 4.90 Å². The SMILES string of the molecule is O=C1C2CC=C3C(CC4C(=O)N(c5cccc(Cl)c5)C(=O)C4(c4ccccc4)C3c3cccc(O)c3)C2C(=O)N1Cc1cccs1. The van der Waals surface area contributed by atoms with Crippen molar-refractivity contribution >= 4 is 52.3 Å². The molecule has 0 radical (unpaired) electrons. The fourth-order valence-corrected chi connectivity index (χ4v) is 9.48. The first kappa shape index (κ1) is 28.9. The zero-order valence-electron chi connectivity index (χ0n) is 24.6. The molecule has 1 N–H and O–H groups in total. The number of imide groups is 2. The van der Waals surface area contributed by atoms with Gasteiger partial charge in [0.15, 0.2) is 0 Å². The molecule has 0 bridgehead atoms. The maximum Gasteiger partial charge on any atom is 0.246 e. The van der Waals surface area contributed by atoms with E-state index in [-0.39, 0.29) is 42.3 Å². The second-order valence-corrected chi connectivity index (χ2v) is 14.0. The van der Waals surface area contributed by atoms with Crippen molar-refractivity contribution in [3.63, 3.8) is 0 Å². The number of anilines is 1. The molecule has 3 heterocycles. The molecule has 1 aromatic heterocycles. The van der Waals surface area contributed by atoms with Gasteiger partial charge in [0.25, 0.3) is 0 Å². The Kier molecular flexibility index (Phi) is 6.78. The molecular weight excluding hydrogens is 620 g/mol. The minimum atomic E-state index is -1.37. The normalized spacial score (nSPS) is 28.6. The zero-order chi connectivity index (χ0) is 31.7. The summed E-state index contributed by atoms with van der Waals surface area (Å²) in [7, 11) is 0. The molecule has 2 saturated heterocycles. The molecule has 6 unspecified atom stereocenters. The number of hydrogen-bond donors (Lipinski definition) is 1. The van der Waals surface area contributed by atoms with Gasteiger partial charge in [0.2, 0.25) is 23.6 Å². The molecule has 7 nitrogen and oxygen atoms in total. The Hall–Kier alpha value is -4.53. The number of carbonyl (C=O) groups excluding carboxylic acids is 4. The molecule has 3 aromatic carbocycles. The van der Waals surface area contributed by atoms with Crippen molar-refractivity contribution in [3.05, 3.63) is 129 Å². The first-order valence-electron chi connectivity index (χ1n) is 15.4. The van der Waals surface area contributed by atoms with E-state index in [0.29, 0.717) is 28.3 Å². The lowest BCUT2D eigenvalue weighted by atomic mass is 9.49. The summed E-state index contributed by atoms with van der Waals surface area (Å²) in [4.78, 5) is 61.4. The van der Waals surface area contributed by atoms with Gasteiger partial charge in [-0.1, -0.05) is 77.8 Å².